The molecule has 0 bridgehead atoms. The summed E-state index contributed by atoms with van der Waals surface area (Å²) in [6.45, 7) is 0. The van der Waals surface area contributed by atoms with Crippen LogP contribution in [0.25, 0.3) is 0 Å². The molecule has 0 atom stereocenters. The van der Waals surface area contributed by atoms with E-state index in [0.29, 0.717) is 5.02 Å². The molecule has 0 fully saturated rings. The summed E-state index contributed by atoms with van der Waals surface area (Å²) in [5.41, 5.74) is 1.99. The Kier molecular flexibility index (Phi) is 5.79. The van der Waals surface area contributed by atoms with Crippen molar-refractivity contribution in [1.82, 2.24) is 4.90 Å². The van der Waals surface area contributed by atoms with Crippen LogP contribution in [0.5, 0.6) is 0 Å². The largest absolute Gasteiger partial charge is 0.362 e. The number of amidine groups is 1. The normalized spacial score (nSPS) is 11.4. The van der Waals surface area contributed by atoms with E-state index in [0.717, 1.165) is 17.1 Å². The molecule has 0 saturated carbocycles. The molecule has 0 radical (unpaired) electrons. The van der Waals surface area contributed by atoms with Gasteiger partial charge in [-0.3, -0.25) is 0 Å². The Hall–Kier alpha value is -2.23. The molecule has 2 nitrogen and oxygen atoms in total. The second-order valence-electron chi connectivity index (χ2n) is 5.72. The summed E-state index contributed by atoms with van der Waals surface area (Å²) >= 11 is 7.73. The van der Waals surface area contributed by atoms with Crippen LogP contribution < -0.4 is 0 Å². The second kappa shape index (κ2) is 8.24. The molecule has 0 N–H and O–H groups in total. The predicted molar refractivity (Wildman–Crippen MR) is 108 cm³/mol. The number of aliphatic imine (C=N–C) groups is 1. The molecule has 25 heavy (non-hydrogen) atoms. The van der Waals surface area contributed by atoms with Crippen LogP contribution in [-0.4, -0.2) is 24.8 Å². The number of nitrogens with zero attached hydrogens (tertiary/aromatic N) is 2. The molecule has 0 aromatic heterocycles. The van der Waals surface area contributed by atoms with Gasteiger partial charge in [-0.25, -0.2) is 4.99 Å². The molecule has 0 saturated heterocycles. The van der Waals surface area contributed by atoms with Gasteiger partial charge in [0.1, 0.15) is 5.84 Å². The van der Waals surface area contributed by atoms with Crippen molar-refractivity contribution >= 4 is 34.9 Å². The van der Waals surface area contributed by atoms with E-state index in [2.05, 4.69) is 42.5 Å². The Morgan fingerprint density at radius 3 is 2.16 bits per heavy atom. The first-order chi connectivity index (χ1) is 12.1. The van der Waals surface area contributed by atoms with Gasteiger partial charge in [0.2, 0.25) is 0 Å². The van der Waals surface area contributed by atoms with Crippen LogP contribution in [0.2, 0.25) is 5.02 Å². The van der Waals surface area contributed by atoms with Gasteiger partial charge < -0.3 is 4.90 Å². The highest BCUT2D eigenvalue weighted by Crippen LogP contribution is 2.31. The number of rotatable bonds is 4. The average Bonchev–Trinajstić information content (AvgIpc) is 2.63. The van der Waals surface area contributed by atoms with Crippen molar-refractivity contribution in [2.75, 3.05) is 14.1 Å². The Balaban J connectivity index is 2.01. The molecule has 0 amide bonds. The summed E-state index contributed by atoms with van der Waals surface area (Å²) in [5.74, 6) is 0.918. The van der Waals surface area contributed by atoms with Crippen molar-refractivity contribution in [2.24, 2.45) is 4.99 Å². The number of hydrogen-bond acceptors (Lipinski definition) is 2. The molecule has 0 aliphatic heterocycles. The highest BCUT2D eigenvalue weighted by atomic mass is 35.5. The highest BCUT2D eigenvalue weighted by molar-refractivity contribution is 7.99. The fraction of sp³-hybridized carbons (Fsp3) is 0.0952. The Morgan fingerprint density at radius 1 is 0.840 bits per heavy atom. The third-order valence-electron chi connectivity index (χ3n) is 3.58. The zero-order valence-electron chi connectivity index (χ0n) is 14.2. The molecule has 0 spiro atoms. The number of halogens is 1. The topological polar surface area (TPSA) is 15.6 Å². The SMILES string of the molecule is CN(C)C(=Nc1ccc(Cl)cc1)c1ccccc1Sc1ccccc1. The third-order valence-corrected chi connectivity index (χ3v) is 4.92. The average molecular weight is 367 g/mol. The quantitative estimate of drug-likeness (QED) is 0.407. The molecule has 4 heteroatoms. The molecular formula is C21H19ClN2S. The van der Waals surface area contributed by atoms with E-state index in [1.165, 1.54) is 9.79 Å². The van der Waals surface area contributed by atoms with E-state index in [4.69, 9.17) is 16.6 Å². The summed E-state index contributed by atoms with van der Waals surface area (Å²) in [7, 11) is 4.03. The maximum Gasteiger partial charge on any atom is 0.137 e. The minimum absolute atomic E-state index is 0.713. The van der Waals surface area contributed by atoms with E-state index in [-0.39, 0.29) is 0 Å². The first kappa shape index (κ1) is 17.6. The number of hydrogen-bond donors (Lipinski definition) is 0. The Labute approximate surface area is 158 Å². The summed E-state index contributed by atoms with van der Waals surface area (Å²) in [5, 5.41) is 0.713. The van der Waals surface area contributed by atoms with Crippen molar-refractivity contribution in [2.45, 2.75) is 9.79 Å². The van der Waals surface area contributed by atoms with Gasteiger partial charge in [0.15, 0.2) is 0 Å². The molecule has 126 valence electrons. The predicted octanol–water partition coefficient (Wildman–Crippen LogP) is 6.13. The maximum atomic E-state index is 5.98. The summed E-state index contributed by atoms with van der Waals surface area (Å²) in [4.78, 5) is 9.27. The van der Waals surface area contributed by atoms with Gasteiger partial charge in [-0.2, -0.15) is 0 Å². The smallest absolute Gasteiger partial charge is 0.137 e. The third kappa shape index (κ3) is 4.65. The highest BCUT2D eigenvalue weighted by Gasteiger charge is 2.12. The van der Waals surface area contributed by atoms with Crippen LogP contribution in [0, 0.1) is 0 Å². The summed E-state index contributed by atoms with van der Waals surface area (Å²) in [6, 6.07) is 26.3. The molecule has 3 aromatic carbocycles. The Bertz CT molecular complexity index is 859. The molecular weight excluding hydrogens is 348 g/mol. The van der Waals surface area contributed by atoms with Crippen LogP contribution in [0.3, 0.4) is 0 Å². The van der Waals surface area contributed by atoms with Crippen molar-refractivity contribution in [1.29, 1.82) is 0 Å². The lowest BCUT2D eigenvalue weighted by molar-refractivity contribution is 0.622. The monoisotopic (exact) mass is 366 g/mol. The van der Waals surface area contributed by atoms with Gasteiger partial charge in [-0.15, -0.1) is 0 Å². The van der Waals surface area contributed by atoms with Crippen molar-refractivity contribution in [3.8, 4) is 0 Å². The lowest BCUT2D eigenvalue weighted by Gasteiger charge is -2.19. The molecule has 0 aliphatic carbocycles. The van der Waals surface area contributed by atoms with E-state index in [1.807, 2.05) is 55.4 Å². The Morgan fingerprint density at radius 2 is 1.48 bits per heavy atom. The van der Waals surface area contributed by atoms with E-state index in [9.17, 15) is 0 Å². The van der Waals surface area contributed by atoms with Crippen LogP contribution in [0.4, 0.5) is 5.69 Å². The molecule has 3 aromatic rings. The minimum Gasteiger partial charge on any atom is -0.362 e. The number of benzene rings is 3. The molecule has 0 aliphatic rings. The molecule has 0 heterocycles. The van der Waals surface area contributed by atoms with E-state index < -0.39 is 0 Å². The summed E-state index contributed by atoms with van der Waals surface area (Å²) < 4.78 is 0. The molecule has 0 unspecified atom stereocenters. The van der Waals surface area contributed by atoms with Gasteiger partial charge in [-0.05, 0) is 42.5 Å². The lowest BCUT2D eigenvalue weighted by Crippen LogP contribution is -2.23. The van der Waals surface area contributed by atoms with Gasteiger partial charge >= 0.3 is 0 Å². The van der Waals surface area contributed by atoms with Gasteiger partial charge in [0.05, 0.1) is 5.69 Å². The zero-order valence-corrected chi connectivity index (χ0v) is 15.8. The van der Waals surface area contributed by atoms with Gasteiger partial charge in [-0.1, -0.05) is 59.8 Å². The maximum absolute atomic E-state index is 5.98. The van der Waals surface area contributed by atoms with Gasteiger partial charge in [0, 0.05) is 34.5 Å². The van der Waals surface area contributed by atoms with E-state index in [1.54, 1.807) is 11.8 Å². The summed E-state index contributed by atoms with van der Waals surface area (Å²) in [6.07, 6.45) is 0. The van der Waals surface area contributed by atoms with Crippen LogP contribution in [-0.2, 0) is 0 Å². The zero-order chi connectivity index (χ0) is 17.6. The second-order valence-corrected chi connectivity index (χ2v) is 7.27. The van der Waals surface area contributed by atoms with Crippen molar-refractivity contribution in [3.63, 3.8) is 0 Å². The lowest BCUT2D eigenvalue weighted by atomic mass is 10.2. The van der Waals surface area contributed by atoms with Crippen LogP contribution in [0.1, 0.15) is 5.56 Å². The van der Waals surface area contributed by atoms with Crippen molar-refractivity contribution < 1.29 is 0 Å². The molecule has 3 rings (SSSR count). The van der Waals surface area contributed by atoms with Gasteiger partial charge in [0.25, 0.3) is 0 Å². The standard InChI is InChI=1S/C21H19ClN2S/c1-24(2)21(23-17-14-12-16(22)13-15-17)19-10-6-7-11-20(19)25-18-8-4-3-5-9-18/h3-15H,1-2H3. The fourth-order valence-electron chi connectivity index (χ4n) is 2.39. The minimum atomic E-state index is 0.713. The first-order valence-corrected chi connectivity index (χ1v) is 9.17. The fourth-order valence-corrected chi connectivity index (χ4v) is 3.48. The van der Waals surface area contributed by atoms with E-state index >= 15 is 0 Å². The van der Waals surface area contributed by atoms with Crippen molar-refractivity contribution in [3.05, 3.63) is 89.4 Å². The van der Waals surface area contributed by atoms with Crippen LogP contribution in [0.15, 0.2) is 93.6 Å². The van der Waals surface area contributed by atoms with Crippen LogP contribution >= 0.6 is 23.4 Å². The first-order valence-electron chi connectivity index (χ1n) is 7.97.